The second-order valence-corrected chi connectivity index (χ2v) is 7.15. The van der Waals surface area contributed by atoms with E-state index in [0.29, 0.717) is 17.7 Å². The first-order chi connectivity index (χ1) is 9.01. The number of aliphatic carboxylic acids is 1. The Morgan fingerprint density at radius 1 is 1.26 bits per heavy atom. The van der Waals surface area contributed by atoms with Gasteiger partial charge in [0.1, 0.15) is 0 Å². The molecule has 2 rings (SSSR count). The van der Waals surface area contributed by atoms with Gasteiger partial charge in [-0.3, -0.25) is 4.79 Å². The zero-order chi connectivity index (χ0) is 13.9. The number of aryl methyl sites for hydroxylation is 1. The largest absolute Gasteiger partial charge is 0.481 e. The van der Waals surface area contributed by atoms with Gasteiger partial charge < -0.3 is 5.11 Å². The molecule has 0 aromatic heterocycles. The van der Waals surface area contributed by atoms with Crippen molar-refractivity contribution in [1.82, 2.24) is 0 Å². The number of hydrogen-bond acceptors (Lipinski definition) is 3. The maximum atomic E-state index is 12.4. The maximum absolute atomic E-state index is 12.4. The zero-order valence-corrected chi connectivity index (χ0v) is 11.5. The fraction of sp³-hybridized carbons (Fsp3) is 0.500. The van der Waals surface area contributed by atoms with Gasteiger partial charge >= 0.3 is 5.97 Å². The second kappa shape index (κ2) is 5.74. The Hall–Kier alpha value is -1.36. The van der Waals surface area contributed by atoms with Gasteiger partial charge in [-0.15, -0.1) is 0 Å². The van der Waals surface area contributed by atoms with Crippen LogP contribution in [0, 0.1) is 0 Å². The van der Waals surface area contributed by atoms with Crippen molar-refractivity contribution in [3.63, 3.8) is 0 Å². The van der Waals surface area contributed by atoms with Gasteiger partial charge in [-0.1, -0.05) is 24.6 Å². The Kier molecular flexibility index (Phi) is 4.24. The minimum atomic E-state index is -3.23. The van der Waals surface area contributed by atoms with E-state index in [0.717, 1.165) is 24.8 Å². The standard InChI is InChI=1S/C14H18O4S/c15-14(16)10-3-6-11-5-1-2-9-13(11)19(17,18)12-7-4-8-12/h1-2,5,9,12H,3-4,6-8,10H2,(H,15,16). The van der Waals surface area contributed by atoms with Crippen LogP contribution in [0.15, 0.2) is 29.2 Å². The van der Waals surface area contributed by atoms with Gasteiger partial charge in [0.2, 0.25) is 0 Å². The molecule has 1 N–H and O–H groups in total. The second-order valence-electron chi connectivity index (χ2n) is 4.95. The molecule has 1 aromatic carbocycles. The van der Waals surface area contributed by atoms with E-state index in [1.54, 1.807) is 24.3 Å². The van der Waals surface area contributed by atoms with Gasteiger partial charge in [-0.2, -0.15) is 0 Å². The summed E-state index contributed by atoms with van der Waals surface area (Å²) in [5, 5.41) is 8.40. The Bertz CT molecular complexity index is 559. The van der Waals surface area contributed by atoms with Crippen LogP contribution < -0.4 is 0 Å². The van der Waals surface area contributed by atoms with Crippen LogP contribution in [0.3, 0.4) is 0 Å². The highest BCUT2D eigenvalue weighted by molar-refractivity contribution is 7.92. The van der Waals surface area contributed by atoms with Gasteiger partial charge in [0, 0.05) is 6.42 Å². The molecule has 1 aromatic rings. The molecule has 0 unspecified atom stereocenters. The molecular weight excluding hydrogens is 264 g/mol. The van der Waals surface area contributed by atoms with E-state index >= 15 is 0 Å². The lowest BCUT2D eigenvalue weighted by Gasteiger charge is -2.26. The highest BCUT2D eigenvalue weighted by atomic mass is 32.2. The minimum absolute atomic E-state index is 0.0673. The van der Waals surface area contributed by atoms with E-state index in [4.69, 9.17) is 5.11 Å². The molecule has 1 saturated carbocycles. The fourth-order valence-corrected chi connectivity index (χ4v) is 4.40. The molecule has 0 aliphatic heterocycles. The smallest absolute Gasteiger partial charge is 0.303 e. The van der Waals surface area contributed by atoms with Crippen LogP contribution >= 0.6 is 0 Å². The summed E-state index contributed by atoms with van der Waals surface area (Å²) in [7, 11) is -3.23. The number of carboxylic acids is 1. The van der Waals surface area contributed by atoms with Crippen LogP contribution in [0.4, 0.5) is 0 Å². The number of rotatable bonds is 6. The van der Waals surface area contributed by atoms with E-state index in [9.17, 15) is 13.2 Å². The molecule has 4 nitrogen and oxygen atoms in total. The number of carboxylic acid groups (broad SMARTS) is 1. The summed E-state index contributed by atoms with van der Waals surface area (Å²) in [5.41, 5.74) is 0.746. The molecular formula is C14H18O4S. The average molecular weight is 282 g/mol. The van der Waals surface area contributed by atoms with Crippen molar-refractivity contribution < 1.29 is 18.3 Å². The van der Waals surface area contributed by atoms with E-state index < -0.39 is 15.8 Å². The van der Waals surface area contributed by atoms with Gasteiger partial charge in [-0.05, 0) is 37.3 Å². The minimum Gasteiger partial charge on any atom is -0.481 e. The Labute approximate surface area is 113 Å². The van der Waals surface area contributed by atoms with E-state index in [1.165, 1.54) is 0 Å². The summed E-state index contributed by atoms with van der Waals surface area (Å²) in [6.45, 7) is 0. The van der Waals surface area contributed by atoms with Crippen LogP contribution in [0.5, 0.6) is 0 Å². The van der Waals surface area contributed by atoms with Crippen molar-refractivity contribution in [3.05, 3.63) is 29.8 Å². The van der Waals surface area contributed by atoms with Crippen molar-refractivity contribution >= 4 is 15.8 Å². The molecule has 1 fully saturated rings. The third-order valence-corrected chi connectivity index (χ3v) is 5.97. The van der Waals surface area contributed by atoms with Gasteiger partial charge in [0.15, 0.2) is 9.84 Å². The Balaban J connectivity index is 2.18. The van der Waals surface area contributed by atoms with Crippen molar-refractivity contribution in [2.24, 2.45) is 0 Å². The lowest BCUT2D eigenvalue weighted by atomic mass is 10.00. The third kappa shape index (κ3) is 3.15. The molecule has 0 bridgehead atoms. The third-order valence-electron chi connectivity index (χ3n) is 3.61. The number of sulfone groups is 1. The van der Waals surface area contributed by atoms with Crippen LogP contribution in [-0.4, -0.2) is 24.7 Å². The summed E-state index contributed by atoms with van der Waals surface area (Å²) >= 11 is 0. The van der Waals surface area contributed by atoms with Crippen molar-refractivity contribution in [2.45, 2.75) is 48.7 Å². The summed E-state index contributed by atoms with van der Waals surface area (Å²) in [5.74, 6) is -0.848. The molecule has 0 atom stereocenters. The average Bonchev–Trinajstić information content (AvgIpc) is 2.26. The molecule has 0 heterocycles. The molecule has 5 heteroatoms. The SMILES string of the molecule is O=C(O)CCCc1ccccc1S(=O)(=O)C1CCC1. The van der Waals surface area contributed by atoms with Crippen molar-refractivity contribution in [3.8, 4) is 0 Å². The number of carbonyl (C=O) groups is 1. The summed E-state index contributed by atoms with van der Waals surface area (Å²) in [6, 6.07) is 6.96. The van der Waals surface area contributed by atoms with Gasteiger partial charge in [-0.25, -0.2) is 8.42 Å². The fourth-order valence-electron chi connectivity index (χ4n) is 2.28. The molecule has 1 aliphatic carbocycles. The lowest BCUT2D eigenvalue weighted by molar-refractivity contribution is -0.137. The first-order valence-electron chi connectivity index (χ1n) is 6.55. The first kappa shape index (κ1) is 14.1. The highest BCUT2D eigenvalue weighted by Gasteiger charge is 2.33. The Morgan fingerprint density at radius 2 is 1.95 bits per heavy atom. The van der Waals surface area contributed by atoms with Crippen LogP contribution in [0.1, 0.15) is 37.7 Å². The topological polar surface area (TPSA) is 71.4 Å². The van der Waals surface area contributed by atoms with E-state index in [2.05, 4.69) is 0 Å². The summed E-state index contributed by atoms with van der Waals surface area (Å²) in [6.07, 6.45) is 3.49. The summed E-state index contributed by atoms with van der Waals surface area (Å²) in [4.78, 5) is 10.9. The molecule has 1 aliphatic rings. The predicted molar refractivity (Wildman–Crippen MR) is 71.8 cm³/mol. The van der Waals surface area contributed by atoms with Crippen LogP contribution in [0.25, 0.3) is 0 Å². The zero-order valence-electron chi connectivity index (χ0n) is 10.7. The van der Waals surface area contributed by atoms with Crippen LogP contribution in [0.2, 0.25) is 0 Å². The quantitative estimate of drug-likeness (QED) is 0.869. The highest BCUT2D eigenvalue weighted by Crippen LogP contribution is 2.32. The molecule has 0 amide bonds. The molecule has 0 spiro atoms. The Morgan fingerprint density at radius 3 is 2.53 bits per heavy atom. The number of benzene rings is 1. The molecule has 104 valence electrons. The molecule has 0 saturated heterocycles. The van der Waals surface area contributed by atoms with Crippen LogP contribution in [-0.2, 0) is 21.1 Å². The monoisotopic (exact) mass is 282 g/mol. The molecule has 0 radical (unpaired) electrons. The van der Waals surface area contributed by atoms with E-state index in [1.807, 2.05) is 0 Å². The maximum Gasteiger partial charge on any atom is 0.303 e. The van der Waals surface area contributed by atoms with E-state index in [-0.39, 0.29) is 11.7 Å². The van der Waals surface area contributed by atoms with Crippen molar-refractivity contribution in [2.75, 3.05) is 0 Å². The lowest BCUT2D eigenvalue weighted by Crippen LogP contribution is -2.29. The predicted octanol–water partition coefficient (Wildman–Crippen LogP) is 2.42. The van der Waals surface area contributed by atoms with Crippen molar-refractivity contribution in [1.29, 1.82) is 0 Å². The first-order valence-corrected chi connectivity index (χ1v) is 8.10. The normalized spacial score (nSPS) is 16.0. The number of hydrogen-bond donors (Lipinski definition) is 1. The summed E-state index contributed by atoms with van der Waals surface area (Å²) < 4.78 is 24.8. The van der Waals surface area contributed by atoms with Gasteiger partial charge in [0.05, 0.1) is 10.1 Å². The van der Waals surface area contributed by atoms with Gasteiger partial charge in [0.25, 0.3) is 0 Å². The molecule has 19 heavy (non-hydrogen) atoms.